The summed E-state index contributed by atoms with van der Waals surface area (Å²) >= 11 is 0. The molecule has 0 spiro atoms. The number of hydrogen-bond acceptors (Lipinski definition) is 4. The van der Waals surface area contributed by atoms with Gasteiger partial charge in [0.1, 0.15) is 0 Å². The molecular formula is C19H23ClN2O4. The third-order valence-corrected chi connectivity index (χ3v) is 6.10. The van der Waals surface area contributed by atoms with E-state index in [9.17, 15) is 19.5 Å². The van der Waals surface area contributed by atoms with Gasteiger partial charge < -0.3 is 10.0 Å². The molecular weight excluding hydrogens is 356 g/mol. The van der Waals surface area contributed by atoms with Gasteiger partial charge in [-0.3, -0.25) is 19.3 Å². The molecule has 4 rings (SSSR count). The van der Waals surface area contributed by atoms with Crippen molar-refractivity contribution in [3.05, 3.63) is 35.4 Å². The summed E-state index contributed by atoms with van der Waals surface area (Å²) in [4.78, 5) is 39.9. The minimum absolute atomic E-state index is 0. The summed E-state index contributed by atoms with van der Waals surface area (Å²) < 4.78 is 0. The van der Waals surface area contributed by atoms with Crippen LogP contribution in [-0.4, -0.2) is 58.9 Å². The van der Waals surface area contributed by atoms with E-state index < -0.39 is 11.4 Å². The lowest BCUT2D eigenvalue weighted by atomic mass is 9.81. The third-order valence-electron chi connectivity index (χ3n) is 6.10. The number of benzene rings is 1. The van der Waals surface area contributed by atoms with Crippen LogP contribution in [0, 0.1) is 11.3 Å². The summed E-state index contributed by atoms with van der Waals surface area (Å²) in [5.41, 5.74) is 0.385. The third kappa shape index (κ3) is 2.81. The Balaban J connectivity index is 0.00000196. The summed E-state index contributed by atoms with van der Waals surface area (Å²) in [6.45, 7) is 2.51. The molecule has 0 unspecified atom stereocenters. The number of carboxylic acids is 1. The summed E-state index contributed by atoms with van der Waals surface area (Å²) in [7, 11) is 0. The number of amides is 2. The van der Waals surface area contributed by atoms with E-state index in [2.05, 4.69) is 4.90 Å². The number of fused-ring (bicyclic) bond motifs is 2. The van der Waals surface area contributed by atoms with Gasteiger partial charge in [0.15, 0.2) is 0 Å². The highest BCUT2D eigenvalue weighted by atomic mass is 35.5. The van der Waals surface area contributed by atoms with Crippen LogP contribution in [0.5, 0.6) is 0 Å². The fourth-order valence-electron chi connectivity index (χ4n) is 4.81. The van der Waals surface area contributed by atoms with Crippen LogP contribution in [0.15, 0.2) is 24.3 Å². The molecule has 0 radical (unpaired) electrons. The molecule has 7 heteroatoms. The van der Waals surface area contributed by atoms with Crippen LogP contribution in [0.3, 0.4) is 0 Å². The Hall–Kier alpha value is -1.92. The van der Waals surface area contributed by atoms with Crippen molar-refractivity contribution in [1.82, 2.24) is 9.80 Å². The highest BCUT2D eigenvalue weighted by molar-refractivity contribution is 6.21. The molecule has 1 saturated heterocycles. The van der Waals surface area contributed by atoms with Crippen LogP contribution >= 0.6 is 12.4 Å². The molecule has 2 atom stereocenters. The lowest BCUT2D eigenvalue weighted by Crippen LogP contribution is -2.36. The van der Waals surface area contributed by atoms with Crippen LogP contribution in [0.25, 0.3) is 0 Å². The predicted octanol–water partition coefficient (Wildman–Crippen LogP) is 2.28. The van der Waals surface area contributed by atoms with Crippen molar-refractivity contribution in [3.63, 3.8) is 0 Å². The van der Waals surface area contributed by atoms with Gasteiger partial charge in [-0.1, -0.05) is 18.6 Å². The van der Waals surface area contributed by atoms with Gasteiger partial charge in [0.25, 0.3) is 11.8 Å². The molecule has 140 valence electrons. The van der Waals surface area contributed by atoms with Crippen molar-refractivity contribution in [1.29, 1.82) is 0 Å². The lowest BCUT2D eigenvalue weighted by molar-refractivity contribution is -0.149. The molecule has 1 N–H and O–H groups in total. The number of nitrogens with zero attached hydrogens (tertiary/aromatic N) is 2. The smallest absolute Gasteiger partial charge is 0.311 e. The summed E-state index contributed by atoms with van der Waals surface area (Å²) in [6.07, 6.45) is 3.43. The van der Waals surface area contributed by atoms with E-state index in [1.54, 1.807) is 24.3 Å². The van der Waals surface area contributed by atoms with Gasteiger partial charge >= 0.3 is 5.97 Å². The molecule has 1 aliphatic carbocycles. The second-order valence-corrected chi connectivity index (χ2v) is 7.45. The average Bonchev–Trinajstić information content (AvgIpc) is 3.21. The molecule has 1 aromatic carbocycles. The van der Waals surface area contributed by atoms with Crippen LogP contribution in [-0.2, 0) is 4.79 Å². The Morgan fingerprint density at radius 3 is 2.38 bits per heavy atom. The first kappa shape index (κ1) is 18.9. The van der Waals surface area contributed by atoms with Gasteiger partial charge in [-0.2, -0.15) is 0 Å². The number of imide groups is 1. The van der Waals surface area contributed by atoms with Crippen molar-refractivity contribution < 1.29 is 19.5 Å². The molecule has 26 heavy (non-hydrogen) atoms. The molecule has 2 aliphatic heterocycles. The minimum Gasteiger partial charge on any atom is -0.481 e. The first-order valence-corrected chi connectivity index (χ1v) is 8.94. The van der Waals surface area contributed by atoms with Crippen molar-refractivity contribution in [2.45, 2.75) is 25.7 Å². The normalized spacial score (nSPS) is 27.4. The monoisotopic (exact) mass is 378 g/mol. The molecule has 2 fully saturated rings. The lowest BCUT2D eigenvalue weighted by Gasteiger charge is -2.23. The van der Waals surface area contributed by atoms with E-state index in [-0.39, 0.29) is 30.1 Å². The maximum atomic E-state index is 12.3. The molecule has 2 amide bonds. The number of aliphatic carboxylic acids is 1. The zero-order chi connectivity index (χ0) is 17.6. The van der Waals surface area contributed by atoms with Gasteiger partial charge in [-0.05, 0) is 43.9 Å². The van der Waals surface area contributed by atoms with Crippen molar-refractivity contribution in [3.8, 4) is 0 Å². The Bertz CT molecular complexity index is 718. The highest BCUT2D eigenvalue weighted by Crippen LogP contribution is 2.48. The zero-order valence-electron chi connectivity index (χ0n) is 14.5. The van der Waals surface area contributed by atoms with Crippen LogP contribution in [0.1, 0.15) is 46.4 Å². The number of rotatable bonds is 5. The Labute approximate surface area is 158 Å². The van der Waals surface area contributed by atoms with Crippen molar-refractivity contribution in [2.24, 2.45) is 11.3 Å². The average molecular weight is 379 g/mol. The number of likely N-dealkylation sites (tertiary alicyclic amines) is 1. The molecule has 0 aromatic heterocycles. The SMILES string of the molecule is Cl.O=C1c2ccccc2C(=O)N1CCCN1C[C@@H]2CCC[C@@]2(C(=O)O)C1. The summed E-state index contributed by atoms with van der Waals surface area (Å²) in [5.74, 6) is -0.871. The summed E-state index contributed by atoms with van der Waals surface area (Å²) in [5, 5.41) is 9.64. The maximum Gasteiger partial charge on any atom is 0.311 e. The van der Waals surface area contributed by atoms with Gasteiger partial charge in [0, 0.05) is 19.6 Å². The van der Waals surface area contributed by atoms with Gasteiger partial charge in [0.05, 0.1) is 16.5 Å². The fourth-order valence-corrected chi connectivity index (χ4v) is 4.81. The van der Waals surface area contributed by atoms with Crippen molar-refractivity contribution in [2.75, 3.05) is 26.2 Å². The fraction of sp³-hybridized carbons (Fsp3) is 0.526. The number of carbonyl (C=O) groups excluding carboxylic acids is 2. The largest absolute Gasteiger partial charge is 0.481 e. The molecule has 2 heterocycles. The Morgan fingerprint density at radius 2 is 1.81 bits per heavy atom. The molecule has 1 saturated carbocycles. The Kier molecular flexibility index (Phi) is 5.08. The van der Waals surface area contributed by atoms with E-state index in [0.717, 1.165) is 32.4 Å². The topological polar surface area (TPSA) is 77.9 Å². The maximum absolute atomic E-state index is 12.3. The van der Waals surface area contributed by atoms with E-state index in [1.165, 1.54) is 4.90 Å². The first-order chi connectivity index (χ1) is 12.0. The number of carboxylic acid groups (broad SMARTS) is 1. The van der Waals surface area contributed by atoms with Crippen LogP contribution in [0.4, 0.5) is 0 Å². The molecule has 0 bridgehead atoms. The highest BCUT2D eigenvalue weighted by Gasteiger charge is 2.54. The van der Waals surface area contributed by atoms with E-state index >= 15 is 0 Å². The second-order valence-electron chi connectivity index (χ2n) is 7.45. The van der Waals surface area contributed by atoms with Gasteiger partial charge in [-0.25, -0.2) is 0 Å². The van der Waals surface area contributed by atoms with Gasteiger partial charge in [0.2, 0.25) is 0 Å². The summed E-state index contributed by atoms with van der Waals surface area (Å²) in [6, 6.07) is 6.91. The van der Waals surface area contributed by atoms with Crippen molar-refractivity contribution >= 4 is 30.2 Å². The van der Waals surface area contributed by atoms with E-state index in [4.69, 9.17) is 0 Å². The minimum atomic E-state index is -0.669. The number of halogens is 1. The van der Waals surface area contributed by atoms with E-state index in [1.807, 2.05) is 0 Å². The van der Waals surface area contributed by atoms with Crippen LogP contribution in [0.2, 0.25) is 0 Å². The molecule has 3 aliphatic rings. The van der Waals surface area contributed by atoms with Gasteiger partial charge in [-0.15, -0.1) is 12.4 Å². The molecule has 6 nitrogen and oxygen atoms in total. The van der Waals surface area contributed by atoms with Crippen LogP contribution < -0.4 is 0 Å². The quantitative estimate of drug-likeness (QED) is 0.795. The first-order valence-electron chi connectivity index (χ1n) is 8.94. The van der Waals surface area contributed by atoms with E-state index in [0.29, 0.717) is 30.6 Å². The molecule has 1 aromatic rings. The predicted molar refractivity (Wildman–Crippen MR) is 97.5 cm³/mol. The second kappa shape index (κ2) is 7.00. The number of carbonyl (C=O) groups is 3. The Morgan fingerprint density at radius 1 is 1.15 bits per heavy atom. The number of hydrogen-bond donors (Lipinski definition) is 1. The zero-order valence-corrected chi connectivity index (χ0v) is 15.3. The standard InChI is InChI=1S/C19H22N2O4.ClH/c22-16-14-6-1-2-7-15(14)17(23)21(16)10-4-9-20-11-13-5-3-8-19(13,12-20)18(24)25;/h1-2,6-7,13H,3-5,8-12H2,(H,24,25);1H/t13-,19+;/m0./s1.